The molecule has 21 heavy (non-hydrogen) atoms. The third-order valence-electron chi connectivity index (χ3n) is 3.83. The summed E-state index contributed by atoms with van der Waals surface area (Å²) in [6.45, 7) is 9.85. The lowest BCUT2D eigenvalue weighted by Crippen LogP contribution is -2.56. The fourth-order valence-corrected chi connectivity index (χ4v) is 3.06. The van der Waals surface area contributed by atoms with Gasteiger partial charge in [-0.25, -0.2) is 0 Å². The number of carbonyl (C=O) groups excluding carboxylic acids is 2. The van der Waals surface area contributed by atoms with Crippen molar-refractivity contribution in [1.29, 1.82) is 0 Å². The summed E-state index contributed by atoms with van der Waals surface area (Å²) in [7, 11) is 0. The molecule has 0 aliphatic carbocycles. The highest BCUT2D eigenvalue weighted by atomic mass is 16.5. The van der Waals surface area contributed by atoms with E-state index in [4.69, 9.17) is 4.74 Å². The number of amides is 1. The van der Waals surface area contributed by atoms with Gasteiger partial charge in [-0.2, -0.15) is 0 Å². The molecule has 1 atom stereocenters. The first-order chi connectivity index (χ1) is 9.95. The predicted octanol–water partition coefficient (Wildman–Crippen LogP) is 1.96. The molecule has 0 aromatic rings. The minimum atomic E-state index is -0.476. The van der Waals surface area contributed by atoms with Gasteiger partial charge in [-0.15, -0.1) is 0 Å². The van der Waals surface area contributed by atoms with Crippen LogP contribution in [0.3, 0.4) is 0 Å². The first-order valence-electron chi connectivity index (χ1n) is 8.15. The van der Waals surface area contributed by atoms with Crippen LogP contribution in [0, 0.1) is 5.92 Å². The summed E-state index contributed by atoms with van der Waals surface area (Å²) >= 11 is 0. The van der Waals surface area contributed by atoms with Gasteiger partial charge in [0.15, 0.2) is 0 Å². The van der Waals surface area contributed by atoms with Gasteiger partial charge in [0.25, 0.3) is 0 Å². The number of esters is 1. The minimum absolute atomic E-state index is 0.0536. The third-order valence-corrected chi connectivity index (χ3v) is 3.83. The molecule has 1 saturated heterocycles. The molecule has 1 amide bonds. The molecule has 5 nitrogen and oxygen atoms in total. The minimum Gasteiger partial charge on any atom is -0.465 e. The fourth-order valence-electron chi connectivity index (χ4n) is 3.06. The smallest absolute Gasteiger partial charge is 0.325 e. The quantitative estimate of drug-likeness (QED) is 0.696. The van der Waals surface area contributed by atoms with Gasteiger partial charge in [-0.3, -0.25) is 9.59 Å². The highest BCUT2D eigenvalue weighted by Gasteiger charge is 2.43. The van der Waals surface area contributed by atoms with Crippen LogP contribution in [-0.4, -0.2) is 48.6 Å². The lowest BCUT2D eigenvalue weighted by Gasteiger charge is -2.35. The van der Waals surface area contributed by atoms with Crippen molar-refractivity contribution in [3.05, 3.63) is 0 Å². The second-order valence-corrected chi connectivity index (χ2v) is 6.25. The molecule has 1 aliphatic heterocycles. The first-order valence-corrected chi connectivity index (χ1v) is 8.15. The van der Waals surface area contributed by atoms with Gasteiger partial charge in [0, 0.05) is 6.54 Å². The highest BCUT2D eigenvalue weighted by Crippen LogP contribution is 2.27. The maximum atomic E-state index is 13.0. The summed E-state index contributed by atoms with van der Waals surface area (Å²) in [4.78, 5) is 26.4. The molecule has 0 aromatic heterocycles. The fraction of sp³-hybridized carbons (Fsp3) is 0.875. The van der Waals surface area contributed by atoms with Crippen molar-refractivity contribution in [2.75, 3.05) is 26.2 Å². The molecule has 122 valence electrons. The largest absolute Gasteiger partial charge is 0.465 e. The molecule has 1 rings (SSSR count). The van der Waals surface area contributed by atoms with Crippen molar-refractivity contribution in [3.8, 4) is 0 Å². The van der Waals surface area contributed by atoms with Crippen molar-refractivity contribution >= 4 is 11.9 Å². The molecular formula is C16H30N2O3. The highest BCUT2D eigenvalue weighted by molar-refractivity contribution is 5.89. The first kappa shape index (κ1) is 18.0. The summed E-state index contributed by atoms with van der Waals surface area (Å²) in [5, 5.41) is 3.39. The molecule has 0 bridgehead atoms. The van der Waals surface area contributed by atoms with Crippen molar-refractivity contribution in [2.24, 2.45) is 5.92 Å². The molecule has 0 aromatic carbocycles. The maximum Gasteiger partial charge on any atom is 0.325 e. The van der Waals surface area contributed by atoms with Crippen LogP contribution in [0.5, 0.6) is 0 Å². The SMILES string of the molecule is CCCC1(C(=O)N(CC(=O)OCC)CC(C)C)CCCN1. The number of nitrogens with zero attached hydrogens (tertiary/aromatic N) is 1. The second kappa shape index (κ2) is 8.37. The van der Waals surface area contributed by atoms with Crippen molar-refractivity contribution in [2.45, 2.75) is 58.9 Å². The van der Waals surface area contributed by atoms with Gasteiger partial charge in [0.05, 0.1) is 12.1 Å². The normalized spacial score (nSPS) is 21.6. The second-order valence-electron chi connectivity index (χ2n) is 6.25. The lowest BCUT2D eigenvalue weighted by atomic mass is 9.90. The zero-order valence-corrected chi connectivity index (χ0v) is 13.9. The van der Waals surface area contributed by atoms with E-state index in [-0.39, 0.29) is 18.4 Å². The summed E-state index contributed by atoms with van der Waals surface area (Å²) in [5.74, 6) is 0.0585. The van der Waals surface area contributed by atoms with Crippen molar-refractivity contribution in [1.82, 2.24) is 10.2 Å². The van der Waals surface area contributed by atoms with Gasteiger partial charge in [0.1, 0.15) is 6.54 Å². The zero-order valence-electron chi connectivity index (χ0n) is 13.9. The molecular weight excluding hydrogens is 268 g/mol. The molecule has 5 heteroatoms. The van der Waals surface area contributed by atoms with E-state index in [1.807, 2.05) is 0 Å². The number of hydrogen-bond donors (Lipinski definition) is 1. The third kappa shape index (κ3) is 4.99. The summed E-state index contributed by atoms with van der Waals surface area (Å²) < 4.78 is 5.01. The average molecular weight is 298 g/mol. The van der Waals surface area contributed by atoms with Crippen molar-refractivity contribution in [3.63, 3.8) is 0 Å². The Bertz CT molecular complexity index is 349. The summed E-state index contributed by atoms with van der Waals surface area (Å²) in [6.07, 6.45) is 3.65. The molecule has 0 saturated carbocycles. The maximum absolute atomic E-state index is 13.0. The van der Waals surface area contributed by atoms with Gasteiger partial charge < -0.3 is 15.0 Å². The van der Waals surface area contributed by atoms with E-state index < -0.39 is 5.54 Å². The average Bonchev–Trinajstić information content (AvgIpc) is 2.87. The van der Waals surface area contributed by atoms with Crippen LogP contribution in [0.2, 0.25) is 0 Å². The predicted molar refractivity (Wildman–Crippen MR) is 82.9 cm³/mol. The van der Waals surface area contributed by atoms with Crippen LogP contribution in [0.4, 0.5) is 0 Å². The van der Waals surface area contributed by atoms with Crippen LogP contribution >= 0.6 is 0 Å². The number of ether oxygens (including phenoxy) is 1. The Labute approximate surface area is 128 Å². The van der Waals surface area contributed by atoms with E-state index in [1.54, 1.807) is 11.8 Å². The Morgan fingerprint density at radius 3 is 2.52 bits per heavy atom. The lowest BCUT2D eigenvalue weighted by molar-refractivity contribution is -0.151. The standard InChI is InChI=1S/C16H30N2O3/c1-5-8-16(9-7-10-17-16)15(20)18(11-13(3)4)12-14(19)21-6-2/h13,17H,5-12H2,1-4H3. The van der Waals surface area contributed by atoms with E-state index in [0.717, 1.165) is 32.2 Å². The summed E-state index contributed by atoms with van der Waals surface area (Å²) in [6, 6.07) is 0. The zero-order chi connectivity index (χ0) is 15.9. The van der Waals surface area contributed by atoms with Crippen LogP contribution in [0.25, 0.3) is 0 Å². The van der Waals surface area contributed by atoms with E-state index in [1.165, 1.54) is 0 Å². The monoisotopic (exact) mass is 298 g/mol. The molecule has 1 aliphatic rings. The molecule has 0 spiro atoms. The molecule has 1 fully saturated rings. The van der Waals surface area contributed by atoms with Gasteiger partial charge in [0.2, 0.25) is 5.91 Å². The van der Waals surface area contributed by atoms with E-state index in [2.05, 4.69) is 26.1 Å². The van der Waals surface area contributed by atoms with Crippen LogP contribution in [0.1, 0.15) is 53.4 Å². The number of carbonyl (C=O) groups is 2. The summed E-state index contributed by atoms with van der Waals surface area (Å²) in [5.41, 5.74) is -0.476. The molecule has 1 heterocycles. The molecule has 0 radical (unpaired) electrons. The Morgan fingerprint density at radius 2 is 2.05 bits per heavy atom. The molecule has 1 unspecified atom stereocenters. The van der Waals surface area contributed by atoms with E-state index in [9.17, 15) is 9.59 Å². The Hall–Kier alpha value is -1.10. The van der Waals surface area contributed by atoms with Gasteiger partial charge >= 0.3 is 5.97 Å². The topological polar surface area (TPSA) is 58.6 Å². The van der Waals surface area contributed by atoms with Crippen LogP contribution in [-0.2, 0) is 14.3 Å². The van der Waals surface area contributed by atoms with Crippen molar-refractivity contribution < 1.29 is 14.3 Å². The Balaban J connectivity index is 2.84. The Morgan fingerprint density at radius 1 is 1.33 bits per heavy atom. The van der Waals surface area contributed by atoms with Crippen LogP contribution in [0.15, 0.2) is 0 Å². The van der Waals surface area contributed by atoms with E-state index in [0.29, 0.717) is 19.1 Å². The van der Waals surface area contributed by atoms with Gasteiger partial charge in [-0.05, 0) is 38.6 Å². The number of nitrogens with one attached hydrogen (secondary N) is 1. The molecule has 1 N–H and O–H groups in total. The Kier molecular flexibility index (Phi) is 7.15. The van der Waals surface area contributed by atoms with E-state index >= 15 is 0 Å². The van der Waals surface area contributed by atoms with Crippen LogP contribution < -0.4 is 5.32 Å². The number of hydrogen-bond acceptors (Lipinski definition) is 4. The van der Waals surface area contributed by atoms with Gasteiger partial charge in [-0.1, -0.05) is 27.2 Å². The number of rotatable bonds is 8.